The molecule has 0 spiro atoms. The van der Waals surface area contributed by atoms with E-state index in [0.29, 0.717) is 0 Å². The number of rotatable bonds is 7. The third-order valence-corrected chi connectivity index (χ3v) is 7.24. The van der Waals surface area contributed by atoms with E-state index in [1.807, 2.05) is 0 Å². The minimum Gasteiger partial charge on any atom is -0.494 e. The van der Waals surface area contributed by atoms with Gasteiger partial charge < -0.3 is 14.4 Å². The van der Waals surface area contributed by atoms with Gasteiger partial charge in [0, 0.05) is 32.2 Å². The molecule has 3 aliphatic rings. The average Bonchev–Trinajstić information content (AvgIpc) is 2.78. The molecule has 0 bridgehead atoms. The van der Waals surface area contributed by atoms with Crippen LogP contribution >= 0.6 is 0 Å². The summed E-state index contributed by atoms with van der Waals surface area (Å²) in [6.45, 7) is 11.0. The van der Waals surface area contributed by atoms with Crippen molar-refractivity contribution in [3.8, 4) is 5.75 Å². The fraction of sp³-hybridized carbons (Fsp3) is 0.760. The van der Waals surface area contributed by atoms with Crippen LogP contribution in [-0.4, -0.2) is 68.4 Å². The molecule has 2 saturated heterocycles. The lowest BCUT2D eigenvalue weighted by Gasteiger charge is -2.38. The predicted molar refractivity (Wildman–Crippen MR) is 119 cm³/mol. The van der Waals surface area contributed by atoms with Crippen molar-refractivity contribution in [3.63, 3.8) is 0 Å². The lowest BCUT2D eigenvalue weighted by atomic mass is 9.81. The van der Waals surface area contributed by atoms with Gasteiger partial charge in [-0.1, -0.05) is 19.1 Å². The molecule has 3 fully saturated rings. The summed E-state index contributed by atoms with van der Waals surface area (Å²) in [6, 6.07) is 9.77. The lowest BCUT2D eigenvalue weighted by molar-refractivity contribution is 0.00729. The van der Waals surface area contributed by atoms with E-state index >= 15 is 0 Å². The van der Waals surface area contributed by atoms with Gasteiger partial charge in [0.15, 0.2) is 0 Å². The maximum atomic E-state index is 6.02. The third kappa shape index (κ3) is 6.19. The Morgan fingerprint density at radius 2 is 1.72 bits per heavy atom. The zero-order valence-electron chi connectivity index (χ0n) is 18.4. The second-order valence-corrected chi connectivity index (χ2v) is 9.47. The van der Waals surface area contributed by atoms with E-state index in [2.05, 4.69) is 41.0 Å². The third-order valence-electron chi connectivity index (χ3n) is 7.24. The van der Waals surface area contributed by atoms with Crippen molar-refractivity contribution in [1.82, 2.24) is 9.80 Å². The van der Waals surface area contributed by atoms with Crippen LogP contribution in [0.25, 0.3) is 0 Å². The molecule has 162 valence electrons. The molecule has 0 aromatic heterocycles. The predicted octanol–water partition coefficient (Wildman–Crippen LogP) is 4.55. The molecule has 2 heterocycles. The van der Waals surface area contributed by atoms with Crippen LogP contribution in [0.4, 0.5) is 0 Å². The summed E-state index contributed by atoms with van der Waals surface area (Å²) in [7, 11) is 0. The molecule has 4 heteroatoms. The van der Waals surface area contributed by atoms with Crippen LogP contribution in [0, 0.1) is 5.92 Å². The molecule has 1 aliphatic carbocycles. The maximum Gasteiger partial charge on any atom is 0.119 e. The summed E-state index contributed by atoms with van der Waals surface area (Å²) in [5.41, 5.74) is 1.50. The minimum atomic E-state index is 0.724. The van der Waals surface area contributed by atoms with Gasteiger partial charge in [-0.15, -0.1) is 0 Å². The molecule has 0 radical (unpaired) electrons. The molecular formula is C25H40N2O2. The Morgan fingerprint density at radius 3 is 2.45 bits per heavy atom. The van der Waals surface area contributed by atoms with Gasteiger partial charge in [0.05, 0.1) is 19.8 Å². The van der Waals surface area contributed by atoms with E-state index in [-0.39, 0.29) is 0 Å². The number of morpholine rings is 1. The zero-order valence-corrected chi connectivity index (χ0v) is 18.4. The van der Waals surface area contributed by atoms with E-state index < -0.39 is 0 Å². The Balaban J connectivity index is 1.15. The molecule has 1 atom stereocenters. The standard InChI is InChI=1S/C25H40N2O2/c1-21-4-2-13-26(20-21)14-3-17-29-25-11-7-23(8-12-25)22-5-9-24(10-6-22)27-15-18-28-19-16-27/h7-8,11-12,21-22,24H,2-6,9-10,13-20H2,1H3/t21-,22-,24-/m0/s1. The zero-order chi connectivity index (χ0) is 19.9. The number of benzene rings is 1. The first kappa shape index (κ1) is 21.1. The van der Waals surface area contributed by atoms with Crippen LogP contribution in [0.1, 0.15) is 63.4 Å². The molecule has 1 aromatic carbocycles. The fourth-order valence-corrected chi connectivity index (χ4v) is 5.52. The van der Waals surface area contributed by atoms with Gasteiger partial charge in [-0.2, -0.15) is 0 Å². The number of piperidine rings is 1. The SMILES string of the molecule is C[C@H]1CCCN(CCCOc2ccc([C@H]3CC[C@H](N4CCOCC4)CC3)cc2)C1. The number of likely N-dealkylation sites (tertiary alicyclic amines) is 1. The number of nitrogens with zero attached hydrogens (tertiary/aromatic N) is 2. The van der Waals surface area contributed by atoms with E-state index in [1.54, 1.807) is 0 Å². The van der Waals surface area contributed by atoms with Crippen LogP contribution < -0.4 is 4.74 Å². The average molecular weight is 401 g/mol. The van der Waals surface area contributed by atoms with Gasteiger partial charge in [0.25, 0.3) is 0 Å². The van der Waals surface area contributed by atoms with E-state index in [1.165, 1.54) is 63.7 Å². The van der Waals surface area contributed by atoms with Crippen molar-refractivity contribution in [2.24, 2.45) is 5.92 Å². The summed E-state index contributed by atoms with van der Waals surface area (Å²) < 4.78 is 11.5. The number of hydrogen-bond donors (Lipinski definition) is 0. The normalized spacial score (nSPS) is 29.6. The Hall–Kier alpha value is -1.10. The Morgan fingerprint density at radius 1 is 0.966 bits per heavy atom. The molecule has 2 aliphatic heterocycles. The monoisotopic (exact) mass is 400 g/mol. The molecular weight excluding hydrogens is 360 g/mol. The highest BCUT2D eigenvalue weighted by Crippen LogP contribution is 2.35. The first-order chi connectivity index (χ1) is 14.3. The van der Waals surface area contributed by atoms with Crippen molar-refractivity contribution in [2.75, 3.05) is 52.5 Å². The highest BCUT2D eigenvalue weighted by atomic mass is 16.5. The van der Waals surface area contributed by atoms with Crippen molar-refractivity contribution in [1.29, 1.82) is 0 Å². The second kappa shape index (κ2) is 10.8. The van der Waals surface area contributed by atoms with Crippen LogP contribution in [-0.2, 0) is 4.74 Å². The summed E-state index contributed by atoms with van der Waals surface area (Å²) in [5, 5.41) is 0. The Kier molecular flexibility index (Phi) is 7.87. The molecule has 29 heavy (non-hydrogen) atoms. The van der Waals surface area contributed by atoms with Crippen LogP contribution in [0.2, 0.25) is 0 Å². The molecule has 1 saturated carbocycles. The molecule has 1 aromatic rings. The summed E-state index contributed by atoms with van der Waals surface area (Å²) in [4.78, 5) is 5.26. The summed E-state index contributed by atoms with van der Waals surface area (Å²) in [6.07, 6.45) is 9.18. The second-order valence-electron chi connectivity index (χ2n) is 9.47. The molecule has 0 amide bonds. The lowest BCUT2D eigenvalue weighted by Crippen LogP contribution is -2.44. The molecule has 4 nitrogen and oxygen atoms in total. The highest BCUT2D eigenvalue weighted by Gasteiger charge is 2.27. The van der Waals surface area contributed by atoms with Gasteiger partial charge in [-0.05, 0) is 81.0 Å². The van der Waals surface area contributed by atoms with E-state index in [9.17, 15) is 0 Å². The van der Waals surface area contributed by atoms with Crippen LogP contribution in [0.3, 0.4) is 0 Å². The van der Waals surface area contributed by atoms with Crippen molar-refractivity contribution < 1.29 is 9.47 Å². The first-order valence-corrected chi connectivity index (χ1v) is 12.0. The van der Waals surface area contributed by atoms with Crippen molar-refractivity contribution in [2.45, 2.75) is 63.8 Å². The molecule has 0 unspecified atom stereocenters. The van der Waals surface area contributed by atoms with Crippen LogP contribution in [0.5, 0.6) is 5.75 Å². The van der Waals surface area contributed by atoms with Gasteiger partial charge in [-0.25, -0.2) is 0 Å². The molecule has 4 rings (SSSR count). The molecule has 0 N–H and O–H groups in total. The van der Waals surface area contributed by atoms with Crippen molar-refractivity contribution in [3.05, 3.63) is 29.8 Å². The largest absolute Gasteiger partial charge is 0.494 e. The van der Waals surface area contributed by atoms with Gasteiger partial charge in [0.1, 0.15) is 5.75 Å². The van der Waals surface area contributed by atoms with E-state index in [4.69, 9.17) is 9.47 Å². The minimum absolute atomic E-state index is 0.724. The maximum absolute atomic E-state index is 6.02. The quantitative estimate of drug-likeness (QED) is 0.627. The van der Waals surface area contributed by atoms with Gasteiger partial charge in [0.2, 0.25) is 0 Å². The van der Waals surface area contributed by atoms with Gasteiger partial charge >= 0.3 is 0 Å². The smallest absolute Gasteiger partial charge is 0.119 e. The highest BCUT2D eigenvalue weighted by molar-refractivity contribution is 5.29. The summed E-state index contributed by atoms with van der Waals surface area (Å²) >= 11 is 0. The van der Waals surface area contributed by atoms with E-state index in [0.717, 1.165) is 63.0 Å². The van der Waals surface area contributed by atoms with Gasteiger partial charge in [-0.3, -0.25) is 4.90 Å². The topological polar surface area (TPSA) is 24.9 Å². The fourth-order valence-electron chi connectivity index (χ4n) is 5.52. The number of hydrogen-bond acceptors (Lipinski definition) is 4. The Bertz CT molecular complexity index is 591. The number of ether oxygens (including phenoxy) is 2. The summed E-state index contributed by atoms with van der Waals surface area (Å²) in [5.74, 6) is 2.62. The van der Waals surface area contributed by atoms with Crippen molar-refractivity contribution >= 4 is 0 Å². The van der Waals surface area contributed by atoms with Crippen LogP contribution in [0.15, 0.2) is 24.3 Å². The first-order valence-electron chi connectivity index (χ1n) is 12.0. The Labute approximate surface area is 177 Å².